The van der Waals surface area contributed by atoms with Crippen LogP contribution in [-0.2, 0) is 0 Å². The molecule has 1 aromatic rings. The van der Waals surface area contributed by atoms with E-state index in [1.54, 1.807) is 23.9 Å². The molecule has 2 aliphatic rings. The molecule has 0 spiro atoms. The number of rotatable bonds is 1. The maximum atomic E-state index is 9.39. The predicted octanol–water partition coefficient (Wildman–Crippen LogP) is 3.15. The number of nitrogens with zero attached hydrogens (tertiary/aromatic N) is 3. The van der Waals surface area contributed by atoms with Crippen LogP contribution in [-0.4, -0.2) is 22.4 Å². The summed E-state index contributed by atoms with van der Waals surface area (Å²) in [5, 5.41) is 11.2. The number of benzene rings is 1. The van der Waals surface area contributed by atoms with Crippen molar-refractivity contribution in [3.05, 3.63) is 45.2 Å². The summed E-state index contributed by atoms with van der Waals surface area (Å²) >= 11 is 13.6. The fourth-order valence-corrected chi connectivity index (χ4v) is 3.52. The Balaban J connectivity index is 2.09. The number of hydrogen-bond donors (Lipinski definition) is 1. The minimum atomic E-state index is -0.411. The van der Waals surface area contributed by atoms with Gasteiger partial charge in [-0.05, 0) is 17.7 Å². The minimum absolute atomic E-state index is 0.411. The summed E-state index contributed by atoms with van der Waals surface area (Å²) in [6.07, 6.45) is 0. The molecule has 0 bridgehead atoms. The van der Waals surface area contributed by atoms with Gasteiger partial charge in [-0.1, -0.05) is 41.0 Å². The van der Waals surface area contributed by atoms with E-state index in [1.165, 1.54) is 0 Å². The lowest BCUT2D eigenvalue weighted by Gasteiger charge is -2.27. The fourth-order valence-electron chi connectivity index (χ4n) is 2.23. The van der Waals surface area contributed by atoms with Gasteiger partial charge in [0.05, 0.1) is 15.6 Å². The monoisotopic (exact) mass is 324 g/mol. The number of halogens is 2. The largest absolute Gasteiger partial charge is 0.384 e. The van der Waals surface area contributed by atoms with E-state index in [2.05, 4.69) is 11.1 Å². The van der Waals surface area contributed by atoms with Crippen LogP contribution in [0.15, 0.2) is 34.6 Å². The normalized spacial score (nSPS) is 21.6. The fraction of sp³-hybridized carbons (Fsp3) is 0.231. The van der Waals surface area contributed by atoms with E-state index in [0.29, 0.717) is 21.4 Å². The molecule has 0 saturated carbocycles. The summed E-state index contributed by atoms with van der Waals surface area (Å²) in [6.45, 7) is 0.786. The van der Waals surface area contributed by atoms with Gasteiger partial charge in [-0.25, -0.2) is 4.99 Å². The van der Waals surface area contributed by atoms with Crippen molar-refractivity contribution in [2.45, 2.75) is 6.04 Å². The zero-order valence-corrected chi connectivity index (χ0v) is 12.6. The van der Waals surface area contributed by atoms with Crippen molar-refractivity contribution in [1.29, 1.82) is 5.26 Å². The van der Waals surface area contributed by atoms with Crippen molar-refractivity contribution in [2.75, 3.05) is 12.3 Å². The highest BCUT2D eigenvalue weighted by Gasteiger charge is 2.33. The van der Waals surface area contributed by atoms with Gasteiger partial charge in [0, 0.05) is 12.3 Å². The minimum Gasteiger partial charge on any atom is -0.384 e. The van der Waals surface area contributed by atoms with Crippen LogP contribution in [0.25, 0.3) is 0 Å². The van der Waals surface area contributed by atoms with Gasteiger partial charge in [0.1, 0.15) is 17.9 Å². The molecule has 4 nitrogen and oxygen atoms in total. The highest BCUT2D eigenvalue weighted by atomic mass is 35.5. The first-order valence-electron chi connectivity index (χ1n) is 5.94. The van der Waals surface area contributed by atoms with E-state index in [0.717, 1.165) is 23.0 Å². The number of amidine groups is 1. The van der Waals surface area contributed by atoms with E-state index >= 15 is 0 Å². The number of nitriles is 1. The molecule has 1 atom stereocenters. The zero-order chi connectivity index (χ0) is 14.3. The van der Waals surface area contributed by atoms with Crippen LogP contribution in [0.1, 0.15) is 11.6 Å². The van der Waals surface area contributed by atoms with E-state index < -0.39 is 6.04 Å². The van der Waals surface area contributed by atoms with Gasteiger partial charge in [-0.2, -0.15) is 5.26 Å². The Kier molecular flexibility index (Phi) is 3.55. The van der Waals surface area contributed by atoms with Crippen molar-refractivity contribution >= 4 is 40.1 Å². The molecule has 2 aliphatic heterocycles. The first-order valence-corrected chi connectivity index (χ1v) is 7.69. The third-order valence-corrected chi connectivity index (χ3v) is 4.95. The number of nitrogens with two attached hydrogens (primary N) is 1. The average molecular weight is 325 g/mol. The lowest BCUT2D eigenvalue weighted by atomic mass is 9.99. The van der Waals surface area contributed by atoms with Crippen LogP contribution in [0.2, 0.25) is 10.0 Å². The molecule has 1 saturated heterocycles. The van der Waals surface area contributed by atoms with Gasteiger partial charge in [-0.15, -0.1) is 0 Å². The van der Waals surface area contributed by atoms with Crippen molar-refractivity contribution in [3.63, 3.8) is 0 Å². The van der Waals surface area contributed by atoms with Gasteiger partial charge in [0.25, 0.3) is 0 Å². The molecule has 102 valence electrons. The molecule has 3 rings (SSSR count). The molecule has 2 N–H and O–H groups in total. The Bertz CT molecular complexity index is 677. The quantitative estimate of drug-likeness (QED) is 0.861. The second kappa shape index (κ2) is 5.21. The summed E-state index contributed by atoms with van der Waals surface area (Å²) in [5.41, 5.74) is 7.37. The molecule has 0 aromatic heterocycles. The van der Waals surface area contributed by atoms with Crippen molar-refractivity contribution in [3.8, 4) is 6.07 Å². The molecular weight excluding hydrogens is 315 g/mol. The SMILES string of the molecule is N#CC1=C(N)N2CCSC2=NC1c1ccc(Cl)c(Cl)c1. The van der Waals surface area contributed by atoms with Gasteiger partial charge >= 0.3 is 0 Å². The van der Waals surface area contributed by atoms with Crippen LogP contribution >= 0.6 is 35.0 Å². The molecule has 0 radical (unpaired) electrons. The number of fused-ring (bicyclic) bond motifs is 1. The third-order valence-electron chi connectivity index (χ3n) is 3.24. The number of aliphatic imine (C=N–C) groups is 1. The third kappa shape index (κ3) is 2.14. The second-order valence-corrected chi connectivity index (χ2v) is 6.28. The summed E-state index contributed by atoms with van der Waals surface area (Å²) < 4.78 is 0. The summed E-state index contributed by atoms with van der Waals surface area (Å²) in [4.78, 5) is 6.52. The molecule has 2 heterocycles. The molecule has 1 fully saturated rings. The molecular formula is C13H10Cl2N4S. The molecule has 0 aliphatic carbocycles. The first-order chi connectivity index (χ1) is 9.61. The number of thioether (sulfide) groups is 1. The van der Waals surface area contributed by atoms with Crippen LogP contribution < -0.4 is 5.73 Å². The Labute approximate surface area is 130 Å². The van der Waals surface area contributed by atoms with Crippen molar-refractivity contribution in [1.82, 2.24) is 4.90 Å². The van der Waals surface area contributed by atoms with E-state index in [-0.39, 0.29) is 0 Å². The average Bonchev–Trinajstić information content (AvgIpc) is 2.90. The van der Waals surface area contributed by atoms with Gasteiger partial charge < -0.3 is 10.6 Å². The molecule has 0 amide bonds. The second-order valence-electron chi connectivity index (χ2n) is 4.40. The van der Waals surface area contributed by atoms with Gasteiger partial charge in [0.2, 0.25) is 0 Å². The van der Waals surface area contributed by atoms with E-state index in [4.69, 9.17) is 28.9 Å². The summed E-state index contributed by atoms with van der Waals surface area (Å²) in [6, 6.07) is 7.02. The number of hydrogen-bond acceptors (Lipinski definition) is 5. The van der Waals surface area contributed by atoms with E-state index in [9.17, 15) is 5.26 Å². The Hall–Kier alpha value is -1.35. The maximum absolute atomic E-state index is 9.39. The van der Waals surface area contributed by atoms with Crippen molar-refractivity contribution < 1.29 is 0 Å². The highest BCUT2D eigenvalue weighted by molar-refractivity contribution is 8.14. The summed E-state index contributed by atoms with van der Waals surface area (Å²) in [7, 11) is 0. The zero-order valence-electron chi connectivity index (χ0n) is 10.3. The topological polar surface area (TPSA) is 65.4 Å². The molecule has 7 heteroatoms. The molecule has 1 unspecified atom stereocenters. The lowest BCUT2D eigenvalue weighted by Crippen LogP contribution is -2.34. The van der Waals surface area contributed by atoms with Crippen molar-refractivity contribution in [2.24, 2.45) is 10.7 Å². The van der Waals surface area contributed by atoms with Crippen LogP contribution in [0.4, 0.5) is 0 Å². The maximum Gasteiger partial charge on any atom is 0.165 e. The Morgan fingerprint density at radius 3 is 2.90 bits per heavy atom. The van der Waals surface area contributed by atoms with Gasteiger partial charge in [-0.3, -0.25) is 0 Å². The Morgan fingerprint density at radius 1 is 1.40 bits per heavy atom. The smallest absolute Gasteiger partial charge is 0.165 e. The van der Waals surface area contributed by atoms with E-state index in [1.807, 2.05) is 11.0 Å². The highest BCUT2D eigenvalue weighted by Crippen LogP contribution is 2.38. The van der Waals surface area contributed by atoms with Crippen LogP contribution in [0.5, 0.6) is 0 Å². The van der Waals surface area contributed by atoms with Crippen LogP contribution in [0.3, 0.4) is 0 Å². The Morgan fingerprint density at radius 2 is 2.20 bits per heavy atom. The molecule has 20 heavy (non-hydrogen) atoms. The lowest BCUT2D eigenvalue weighted by molar-refractivity contribution is 0.527. The standard InChI is InChI=1S/C13H10Cl2N4S/c14-9-2-1-7(5-10(9)15)11-8(6-16)12(17)19-3-4-20-13(19)18-11/h1-2,5,11H,3-4,17H2. The first kappa shape index (κ1) is 13.6. The van der Waals surface area contributed by atoms with Gasteiger partial charge in [0.15, 0.2) is 5.17 Å². The molecule has 1 aromatic carbocycles. The summed E-state index contributed by atoms with van der Waals surface area (Å²) in [5.74, 6) is 1.41. The van der Waals surface area contributed by atoms with Crippen LogP contribution in [0, 0.1) is 11.3 Å². The predicted molar refractivity (Wildman–Crippen MR) is 82.6 cm³/mol.